The molecule has 1 aromatic rings. The van der Waals surface area contributed by atoms with E-state index in [0.717, 1.165) is 12.1 Å². The van der Waals surface area contributed by atoms with Crippen LogP contribution in [0.4, 0.5) is 5.69 Å². The van der Waals surface area contributed by atoms with Crippen molar-refractivity contribution in [2.45, 2.75) is 33.1 Å². The molecule has 0 heterocycles. The molecule has 0 saturated carbocycles. The number of benzene rings is 1. The summed E-state index contributed by atoms with van der Waals surface area (Å²) < 4.78 is 0. The summed E-state index contributed by atoms with van der Waals surface area (Å²) >= 11 is 0. The van der Waals surface area contributed by atoms with Crippen LogP contribution in [0, 0.1) is 0 Å². The molecule has 0 atom stereocenters. The maximum Gasteiger partial charge on any atom is 0.0659 e. The first-order valence-electron chi connectivity index (χ1n) is 4.78. The van der Waals surface area contributed by atoms with Gasteiger partial charge in [0.25, 0.3) is 0 Å². The lowest BCUT2D eigenvalue weighted by atomic mass is 9.99. The Hall–Kier alpha value is -1.11. The third kappa shape index (κ3) is 2.18. The van der Waals surface area contributed by atoms with Crippen molar-refractivity contribution in [3.8, 4) is 0 Å². The van der Waals surface area contributed by atoms with Gasteiger partial charge >= 0.3 is 0 Å². The summed E-state index contributed by atoms with van der Waals surface area (Å²) in [6.07, 6.45) is 1.06. The summed E-state index contributed by atoms with van der Waals surface area (Å²) in [5.74, 6) is 0.520. The molecule has 0 aliphatic carbocycles. The van der Waals surface area contributed by atoms with Crippen LogP contribution in [-0.2, 0) is 6.42 Å². The lowest BCUT2D eigenvalue weighted by Gasteiger charge is -2.10. The Morgan fingerprint density at radius 2 is 2.08 bits per heavy atom. The SMILES string of the molecule is C=Nc1cc(CC)ccc1C(C)C. The maximum atomic E-state index is 4.05. The highest BCUT2D eigenvalue weighted by atomic mass is 14.7. The van der Waals surface area contributed by atoms with E-state index in [4.69, 9.17) is 0 Å². The summed E-state index contributed by atoms with van der Waals surface area (Å²) in [7, 11) is 0. The minimum atomic E-state index is 0.520. The largest absolute Gasteiger partial charge is 0.264 e. The Morgan fingerprint density at radius 3 is 2.54 bits per heavy atom. The minimum Gasteiger partial charge on any atom is -0.264 e. The average Bonchev–Trinajstić information content (AvgIpc) is 2.16. The highest BCUT2D eigenvalue weighted by molar-refractivity contribution is 5.54. The molecule has 1 nitrogen and oxygen atoms in total. The second-order valence-electron chi connectivity index (χ2n) is 3.56. The standard InChI is InChI=1S/C12H17N/c1-5-10-6-7-11(9(2)3)12(8-10)13-4/h6-9H,4-5H2,1-3H3. The summed E-state index contributed by atoms with van der Waals surface area (Å²) in [5, 5.41) is 0. The van der Waals surface area contributed by atoms with Crippen LogP contribution in [0.5, 0.6) is 0 Å². The molecule has 0 aliphatic heterocycles. The molecule has 0 spiro atoms. The Bertz CT molecular complexity index is 300. The van der Waals surface area contributed by atoms with Crippen LogP contribution in [-0.4, -0.2) is 6.72 Å². The minimum absolute atomic E-state index is 0.520. The molecule has 0 bridgehead atoms. The predicted octanol–water partition coefficient (Wildman–Crippen LogP) is 3.70. The number of hydrogen-bond acceptors (Lipinski definition) is 1. The lowest BCUT2D eigenvalue weighted by Crippen LogP contribution is -1.89. The summed E-state index contributed by atoms with van der Waals surface area (Å²) in [6, 6.07) is 6.46. The van der Waals surface area contributed by atoms with Gasteiger partial charge < -0.3 is 0 Å². The highest BCUT2D eigenvalue weighted by Gasteiger charge is 2.05. The molecule has 0 unspecified atom stereocenters. The fourth-order valence-corrected chi connectivity index (χ4v) is 1.43. The van der Waals surface area contributed by atoms with Gasteiger partial charge in [0.15, 0.2) is 0 Å². The highest BCUT2D eigenvalue weighted by Crippen LogP contribution is 2.27. The van der Waals surface area contributed by atoms with Gasteiger partial charge in [0.2, 0.25) is 0 Å². The van der Waals surface area contributed by atoms with Gasteiger partial charge in [-0.05, 0) is 36.2 Å². The van der Waals surface area contributed by atoms with Crippen molar-refractivity contribution in [3.63, 3.8) is 0 Å². The smallest absolute Gasteiger partial charge is 0.0659 e. The van der Waals surface area contributed by atoms with Crippen molar-refractivity contribution in [3.05, 3.63) is 29.3 Å². The first-order chi connectivity index (χ1) is 6.19. The van der Waals surface area contributed by atoms with Crippen molar-refractivity contribution in [1.82, 2.24) is 0 Å². The van der Waals surface area contributed by atoms with Crippen LogP contribution in [0.3, 0.4) is 0 Å². The van der Waals surface area contributed by atoms with E-state index in [-0.39, 0.29) is 0 Å². The van der Waals surface area contributed by atoms with Crippen molar-refractivity contribution < 1.29 is 0 Å². The van der Waals surface area contributed by atoms with E-state index in [2.05, 4.69) is 50.7 Å². The normalized spacial score (nSPS) is 10.5. The Morgan fingerprint density at radius 1 is 1.38 bits per heavy atom. The molecule has 0 amide bonds. The second-order valence-corrected chi connectivity index (χ2v) is 3.56. The van der Waals surface area contributed by atoms with Crippen molar-refractivity contribution in [2.75, 3.05) is 0 Å². The summed E-state index contributed by atoms with van der Waals surface area (Å²) in [5.41, 5.74) is 3.65. The number of rotatable bonds is 3. The zero-order chi connectivity index (χ0) is 9.84. The van der Waals surface area contributed by atoms with Gasteiger partial charge in [-0.15, -0.1) is 0 Å². The Labute approximate surface area is 80.5 Å². The predicted molar refractivity (Wildman–Crippen MR) is 59.1 cm³/mol. The molecule has 1 aromatic carbocycles. The van der Waals surface area contributed by atoms with E-state index in [1.54, 1.807) is 0 Å². The Balaban J connectivity index is 3.15. The van der Waals surface area contributed by atoms with Crippen molar-refractivity contribution in [1.29, 1.82) is 0 Å². The second kappa shape index (κ2) is 4.22. The first kappa shape index (κ1) is 9.97. The van der Waals surface area contributed by atoms with E-state index in [9.17, 15) is 0 Å². The van der Waals surface area contributed by atoms with E-state index < -0.39 is 0 Å². The van der Waals surface area contributed by atoms with Gasteiger partial charge in [-0.1, -0.05) is 32.9 Å². The van der Waals surface area contributed by atoms with Gasteiger partial charge in [0, 0.05) is 0 Å². The van der Waals surface area contributed by atoms with Crippen LogP contribution in [0.2, 0.25) is 0 Å². The fourth-order valence-electron chi connectivity index (χ4n) is 1.43. The van der Waals surface area contributed by atoms with E-state index in [1.165, 1.54) is 11.1 Å². The molecular formula is C12H17N. The molecule has 0 radical (unpaired) electrons. The molecule has 0 saturated heterocycles. The first-order valence-corrected chi connectivity index (χ1v) is 4.78. The van der Waals surface area contributed by atoms with Crippen LogP contribution >= 0.6 is 0 Å². The van der Waals surface area contributed by atoms with Gasteiger partial charge in [-0.3, -0.25) is 4.99 Å². The van der Waals surface area contributed by atoms with E-state index in [0.29, 0.717) is 5.92 Å². The van der Waals surface area contributed by atoms with Gasteiger partial charge in [-0.25, -0.2) is 0 Å². The molecule has 1 rings (SSSR count). The molecule has 0 fully saturated rings. The van der Waals surface area contributed by atoms with Crippen LogP contribution in [0.25, 0.3) is 0 Å². The molecule has 13 heavy (non-hydrogen) atoms. The summed E-state index contributed by atoms with van der Waals surface area (Å²) in [4.78, 5) is 4.05. The average molecular weight is 175 g/mol. The third-order valence-electron chi connectivity index (χ3n) is 2.30. The lowest BCUT2D eigenvalue weighted by molar-refractivity contribution is 0.865. The molecule has 0 N–H and O–H groups in total. The number of aryl methyl sites for hydroxylation is 1. The fraction of sp³-hybridized carbons (Fsp3) is 0.417. The zero-order valence-corrected chi connectivity index (χ0v) is 8.67. The molecule has 70 valence electrons. The molecule has 0 aromatic heterocycles. The van der Waals surface area contributed by atoms with Gasteiger partial charge in [0.1, 0.15) is 0 Å². The van der Waals surface area contributed by atoms with Gasteiger partial charge in [-0.2, -0.15) is 0 Å². The number of hydrogen-bond donors (Lipinski definition) is 0. The van der Waals surface area contributed by atoms with Crippen LogP contribution in [0.1, 0.15) is 37.8 Å². The topological polar surface area (TPSA) is 12.4 Å². The maximum absolute atomic E-state index is 4.05. The molecule has 1 heteroatoms. The van der Waals surface area contributed by atoms with Crippen LogP contribution < -0.4 is 0 Å². The summed E-state index contributed by atoms with van der Waals surface area (Å²) in [6.45, 7) is 10.1. The van der Waals surface area contributed by atoms with Crippen LogP contribution in [0.15, 0.2) is 23.2 Å². The molecule has 0 aliphatic rings. The third-order valence-corrected chi connectivity index (χ3v) is 2.30. The number of aliphatic imine (C=N–C) groups is 1. The monoisotopic (exact) mass is 175 g/mol. The Kier molecular flexibility index (Phi) is 3.24. The van der Waals surface area contributed by atoms with Crippen molar-refractivity contribution >= 4 is 12.4 Å². The zero-order valence-electron chi connectivity index (χ0n) is 8.67. The molecular weight excluding hydrogens is 158 g/mol. The quantitative estimate of drug-likeness (QED) is 0.621. The van der Waals surface area contributed by atoms with E-state index in [1.807, 2.05) is 0 Å². The number of nitrogens with zero attached hydrogens (tertiary/aromatic N) is 1. The van der Waals surface area contributed by atoms with E-state index >= 15 is 0 Å². The van der Waals surface area contributed by atoms with Gasteiger partial charge in [0.05, 0.1) is 5.69 Å². The van der Waals surface area contributed by atoms with Crippen molar-refractivity contribution in [2.24, 2.45) is 4.99 Å².